The number of rotatable bonds is 5. The van der Waals surface area contributed by atoms with Crippen LogP contribution in [0.15, 0.2) is 48.5 Å². The van der Waals surface area contributed by atoms with Crippen LogP contribution in [0.1, 0.15) is 43.7 Å². The number of nitrogens with one attached hydrogen (secondary N) is 1. The monoisotopic (exact) mass is 365 g/mol. The van der Waals surface area contributed by atoms with E-state index in [1.165, 1.54) is 5.56 Å². The first-order chi connectivity index (χ1) is 12.9. The van der Waals surface area contributed by atoms with Crippen molar-refractivity contribution in [1.29, 1.82) is 0 Å². The maximum absolute atomic E-state index is 12.1. The number of para-hydroxylation sites is 1. The largest absolute Gasteiger partial charge is 0.461 e. The van der Waals surface area contributed by atoms with Crippen molar-refractivity contribution in [2.75, 3.05) is 6.61 Å². The van der Waals surface area contributed by atoms with Crippen molar-refractivity contribution in [3.05, 3.63) is 59.8 Å². The molecule has 0 unspecified atom stereocenters. The molecule has 1 aromatic heterocycles. The van der Waals surface area contributed by atoms with E-state index in [9.17, 15) is 4.79 Å². The Morgan fingerprint density at radius 2 is 1.74 bits per heavy atom. The molecule has 0 bridgehead atoms. The Morgan fingerprint density at radius 1 is 1.04 bits per heavy atom. The van der Waals surface area contributed by atoms with E-state index in [4.69, 9.17) is 9.47 Å². The average molecular weight is 365 g/mol. The first kappa shape index (κ1) is 18.6. The van der Waals surface area contributed by atoms with Crippen LogP contribution < -0.4 is 4.74 Å². The number of nitrogens with zero attached hydrogens (tertiary/aromatic N) is 2. The highest BCUT2D eigenvalue weighted by molar-refractivity contribution is 5.94. The van der Waals surface area contributed by atoms with E-state index in [0.717, 1.165) is 0 Å². The summed E-state index contributed by atoms with van der Waals surface area (Å²) in [6, 6.07) is 15.4. The number of carbonyl (C=O) groups is 1. The lowest BCUT2D eigenvalue weighted by molar-refractivity contribution is 0.0520. The highest BCUT2D eigenvalue weighted by Gasteiger charge is 2.22. The smallest absolute Gasteiger partial charge is 0.361 e. The van der Waals surface area contributed by atoms with E-state index in [2.05, 4.69) is 48.3 Å². The van der Waals surface area contributed by atoms with Crippen molar-refractivity contribution in [3.8, 4) is 22.8 Å². The molecule has 0 saturated carbocycles. The van der Waals surface area contributed by atoms with Gasteiger partial charge >= 0.3 is 5.97 Å². The Bertz CT molecular complexity index is 924. The van der Waals surface area contributed by atoms with Crippen molar-refractivity contribution in [2.45, 2.75) is 33.1 Å². The van der Waals surface area contributed by atoms with E-state index in [1.807, 2.05) is 36.4 Å². The molecule has 3 aromatic rings. The molecule has 2 aromatic carbocycles. The molecule has 140 valence electrons. The fourth-order valence-electron chi connectivity index (χ4n) is 2.66. The number of benzene rings is 2. The zero-order valence-electron chi connectivity index (χ0n) is 15.9. The number of hydrogen-bond donors (Lipinski definition) is 1. The second kappa shape index (κ2) is 7.61. The van der Waals surface area contributed by atoms with Crippen molar-refractivity contribution in [3.63, 3.8) is 0 Å². The minimum Gasteiger partial charge on any atom is -0.461 e. The van der Waals surface area contributed by atoms with Gasteiger partial charge in [0.15, 0.2) is 5.69 Å². The number of esters is 1. The molecule has 0 saturated heterocycles. The number of aromatic nitrogens is 3. The first-order valence-electron chi connectivity index (χ1n) is 8.86. The maximum atomic E-state index is 12.1. The Morgan fingerprint density at radius 3 is 2.41 bits per heavy atom. The fourth-order valence-corrected chi connectivity index (χ4v) is 2.66. The highest BCUT2D eigenvalue weighted by atomic mass is 16.5. The Kier molecular flexibility index (Phi) is 5.26. The molecule has 0 aliphatic carbocycles. The summed E-state index contributed by atoms with van der Waals surface area (Å²) in [5, 5.41) is 10.5. The van der Waals surface area contributed by atoms with Crippen molar-refractivity contribution < 1.29 is 14.3 Å². The second-order valence-corrected chi connectivity index (χ2v) is 7.11. The van der Waals surface area contributed by atoms with Crippen LogP contribution in [-0.4, -0.2) is 28.0 Å². The SMILES string of the molecule is CCOC(=O)c1n[nH]nc1-c1ccccc1Oc1ccc(C(C)(C)C)cc1. The molecule has 6 nitrogen and oxygen atoms in total. The maximum Gasteiger partial charge on any atom is 0.361 e. The number of aromatic amines is 1. The number of H-pyrrole nitrogens is 1. The minimum absolute atomic E-state index is 0.0751. The Labute approximate surface area is 158 Å². The van der Waals surface area contributed by atoms with Gasteiger partial charge in [-0.25, -0.2) is 4.79 Å². The third-order valence-corrected chi connectivity index (χ3v) is 4.11. The van der Waals surface area contributed by atoms with E-state index < -0.39 is 5.97 Å². The molecule has 1 heterocycles. The van der Waals surface area contributed by atoms with Crippen LogP contribution >= 0.6 is 0 Å². The van der Waals surface area contributed by atoms with Crippen LogP contribution in [-0.2, 0) is 10.2 Å². The van der Waals surface area contributed by atoms with Crippen LogP contribution in [0.25, 0.3) is 11.3 Å². The molecule has 0 fully saturated rings. The average Bonchev–Trinajstić information content (AvgIpc) is 3.12. The number of carbonyl (C=O) groups excluding carboxylic acids is 1. The van der Waals surface area contributed by atoms with E-state index in [-0.39, 0.29) is 17.7 Å². The lowest BCUT2D eigenvalue weighted by atomic mass is 9.87. The summed E-state index contributed by atoms with van der Waals surface area (Å²) >= 11 is 0. The predicted molar refractivity (Wildman–Crippen MR) is 103 cm³/mol. The molecule has 0 atom stereocenters. The lowest BCUT2D eigenvalue weighted by Gasteiger charge is -2.19. The molecule has 1 N–H and O–H groups in total. The van der Waals surface area contributed by atoms with Gasteiger partial charge in [-0.3, -0.25) is 0 Å². The molecule has 0 amide bonds. The highest BCUT2D eigenvalue weighted by Crippen LogP contribution is 2.34. The van der Waals surface area contributed by atoms with Gasteiger partial charge in [-0.05, 0) is 42.2 Å². The standard InChI is InChI=1S/C21H23N3O3/c1-5-26-20(25)19-18(22-24-23-19)16-8-6-7-9-17(16)27-15-12-10-14(11-13-15)21(2,3)4/h6-13H,5H2,1-4H3,(H,22,23,24). The zero-order valence-corrected chi connectivity index (χ0v) is 15.9. The normalized spacial score (nSPS) is 11.3. The number of hydrogen-bond acceptors (Lipinski definition) is 5. The van der Waals surface area contributed by atoms with Crippen LogP contribution in [0.5, 0.6) is 11.5 Å². The van der Waals surface area contributed by atoms with Gasteiger partial charge in [0.1, 0.15) is 17.2 Å². The van der Waals surface area contributed by atoms with Gasteiger partial charge in [-0.1, -0.05) is 45.0 Å². The van der Waals surface area contributed by atoms with Crippen molar-refractivity contribution in [1.82, 2.24) is 15.4 Å². The number of ether oxygens (including phenoxy) is 2. The molecular weight excluding hydrogens is 342 g/mol. The first-order valence-corrected chi connectivity index (χ1v) is 8.86. The molecule has 6 heteroatoms. The molecule has 0 aliphatic heterocycles. The van der Waals surface area contributed by atoms with Gasteiger partial charge in [-0.15, -0.1) is 5.10 Å². The van der Waals surface area contributed by atoms with Gasteiger partial charge in [0.25, 0.3) is 0 Å². The van der Waals surface area contributed by atoms with E-state index in [0.29, 0.717) is 22.8 Å². The van der Waals surface area contributed by atoms with E-state index in [1.54, 1.807) is 6.92 Å². The van der Waals surface area contributed by atoms with Gasteiger partial charge in [0.2, 0.25) is 0 Å². The van der Waals surface area contributed by atoms with Crippen LogP contribution in [0.2, 0.25) is 0 Å². The van der Waals surface area contributed by atoms with Crippen LogP contribution in [0.4, 0.5) is 0 Å². The van der Waals surface area contributed by atoms with Gasteiger partial charge in [0.05, 0.1) is 6.61 Å². The summed E-state index contributed by atoms with van der Waals surface area (Å²) < 4.78 is 11.1. The van der Waals surface area contributed by atoms with E-state index >= 15 is 0 Å². The van der Waals surface area contributed by atoms with Crippen molar-refractivity contribution >= 4 is 5.97 Å². The topological polar surface area (TPSA) is 77.1 Å². The molecule has 0 radical (unpaired) electrons. The molecule has 27 heavy (non-hydrogen) atoms. The lowest BCUT2D eigenvalue weighted by Crippen LogP contribution is -2.10. The van der Waals surface area contributed by atoms with Crippen LogP contribution in [0.3, 0.4) is 0 Å². The zero-order chi connectivity index (χ0) is 19.4. The van der Waals surface area contributed by atoms with Crippen LogP contribution in [0, 0.1) is 0 Å². The van der Waals surface area contributed by atoms with Gasteiger partial charge in [-0.2, -0.15) is 10.3 Å². The predicted octanol–water partition coefficient (Wildman–Crippen LogP) is 4.74. The molecule has 0 aliphatic rings. The Hall–Kier alpha value is -3.15. The fraction of sp³-hybridized carbons (Fsp3) is 0.286. The summed E-state index contributed by atoms with van der Waals surface area (Å²) in [6.07, 6.45) is 0. The summed E-state index contributed by atoms with van der Waals surface area (Å²) in [6.45, 7) is 8.51. The third-order valence-electron chi connectivity index (χ3n) is 4.11. The quantitative estimate of drug-likeness (QED) is 0.661. The summed E-state index contributed by atoms with van der Waals surface area (Å²) in [4.78, 5) is 12.1. The summed E-state index contributed by atoms with van der Waals surface area (Å²) in [5.41, 5.74) is 2.50. The second-order valence-electron chi connectivity index (χ2n) is 7.11. The third kappa shape index (κ3) is 4.16. The summed E-state index contributed by atoms with van der Waals surface area (Å²) in [7, 11) is 0. The van der Waals surface area contributed by atoms with Gasteiger partial charge in [0, 0.05) is 5.56 Å². The minimum atomic E-state index is -0.523. The van der Waals surface area contributed by atoms with Crippen molar-refractivity contribution in [2.24, 2.45) is 0 Å². The molecular formula is C21H23N3O3. The summed E-state index contributed by atoms with van der Waals surface area (Å²) in [5.74, 6) is 0.766. The van der Waals surface area contributed by atoms with Gasteiger partial charge < -0.3 is 9.47 Å². The molecule has 0 spiro atoms. The Balaban J connectivity index is 1.92. The molecule has 3 rings (SSSR count).